The van der Waals surface area contributed by atoms with Gasteiger partial charge in [0.2, 0.25) is 6.33 Å². The van der Waals surface area contributed by atoms with Gasteiger partial charge in [0, 0.05) is 6.07 Å². The lowest BCUT2D eigenvalue weighted by Gasteiger charge is -2.04. The summed E-state index contributed by atoms with van der Waals surface area (Å²) >= 11 is 0. The topological polar surface area (TPSA) is 82.4 Å². The molecule has 2 aromatic rings. The van der Waals surface area contributed by atoms with Crippen LogP contribution < -0.4 is 20.8 Å². The maximum Gasteiger partial charge on any atom is 0.244 e. The molecule has 0 radical (unpaired) electrons. The first-order valence-electron chi connectivity index (χ1n) is 6.86. The quantitative estimate of drug-likeness (QED) is 0.351. The van der Waals surface area contributed by atoms with E-state index in [1.165, 1.54) is 11.0 Å². The number of guanidine groups is 1. The molecule has 1 aromatic carbocycles. The van der Waals surface area contributed by atoms with Gasteiger partial charge in [0.15, 0.2) is 17.0 Å². The molecule has 108 valence electrons. The van der Waals surface area contributed by atoms with E-state index in [2.05, 4.69) is 46.4 Å². The summed E-state index contributed by atoms with van der Waals surface area (Å²) in [6, 6.07) is 6.12. The number of nitrogens with zero attached hydrogens (tertiary/aromatic N) is 3. The van der Waals surface area contributed by atoms with Crippen molar-refractivity contribution in [1.82, 2.24) is 4.57 Å². The van der Waals surface area contributed by atoms with E-state index in [-0.39, 0.29) is 5.96 Å². The molecule has 4 N–H and O–H groups in total. The van der Waals surface area contributed by atoms with Crippen molar-refractivity contribution in [3.8, 4) is 5.75 Å². The van der Waals surface area contributed by atoms with Gasteiger partial charge in [0.1, 0.15) is 12.4 Å². The van der Waals surface area contributed by atoms with Crippen LogP contribution in [0.15, 0.2) is 29.5 Å². The normalized spacial score (nSPS) is 10.7. The molecule has 0 fully saturated rings. The van der Waals surface area contributed by atoms with Gasteiger partial charge in [0.25, 0.3) is 0 Å². The number of hydrogen-bond acceptors (Lipinski definition) is 2. The number of benzene rings is 1. The molecule has 0 aliphatic rings. The Labute approximate surface area is 118 Å². The van der Waals surface area contributed by atoms with Crippen molar-refractivity contribution in [3.63, 3.8) is 0 Å². The standard InChI is InChI=1S/C14H22N5O/c1-3-18-10-19(4-2)13-9-11(5-6-12(13)18)20-8-7-17-14(15)16/h5-6,9-10H,3-4,7-8H2,1-2H3,(H4,15,16,17)/q+1. The summed E-state index contributed by atoms with van der Waals surface area (Å²) in [6.45, 7) is 7.08. The summed E-state index contributed by atoms with van der Waals surface area (Å²) in [4.78, 5) is 3.89. The van der Waals surface area contributed by atoms with Gasteiger partial charge >= 0.3 is 0 Å². The molecule has 0 unspecified atom stereocenters. The van der Waals surface area contributed by atoms with Gasteiger partial charge < -0.3 is 16.2 Å². The number of ether oxygens (including phenoxy) is 1. The van der Waals surface area contributed by atoms with Gasteiger partial charge in [-0.1, -0.05) is 0 Å². The van der Waals surface area contributed by atoms with E-state index in [4.69, 9.17) is 16.2 Å². The average molecular weight is 276 g/mol. The van der Waals surface area contributed by atoms with E-state index in [0.29, 0.717) is 13.2 Å². The number of imidazole rings is 1. The molecule has 0 atom stereocenters. The predicted molar refractivity (Wildman–Crippen MR) is 79.7 cm³/mol. The third kappa shape index (κ3) is 3.01. The Hall–Kier alpha value is -2.24. The fourth-order valence-corrected chi connectivity index (χ4v) is 2.20. The Bertz CT molecular complexity index is 613. The molecule has 0 aliphatic carbocycles. The summed E-state index contributed by atoms with van der Waals surface area (Å²) in [6.07, 6.45) is 2.13. The van der Waals surface area contributed by atoms with Crippen LogP contribution in [0.4, 0.5) is 0 Å². The van der Waals surface area contributed by atoms with Crippen LogP contribution in [0, 0.1) is 0 Å². The maximum absolute atomic E-state index is 5.67. The fourth-order valence-electron chi connectivity index (χ4n) is 2.20. The Balaban J connectivity index is 2.18. The average Bonchev–Trinajstić information content (AvgIpc) is 2.80. The smallest absolute Gasteiger partial charge is 0.244 e. The van der Waals surface area contributed by atoms with Crippen molar-refractivity contribution in [2.75, 3.05) is 13.2 Å². The molecule has 1 heterocycles. The summed E-state index contributed by atoms with van der Waals surface area (Å²) in [7, 11) is 0. The number of rotatable bonds is 6. The van der Waals surface area contributed by atoms with Crippen LogP contribution in [0.1, 0.15) is 13.8 Å². The first-order chi connectivity index (χ1) is 9.65. The Morgan fingerprint density at radius 2 is 2.15 bits per heavy atom. The Morgan fingerprint density at radius 3 is 2.80 bits per heavy atom. The lowest BCUT2D eigenvalue weighted by atomic mass is 10.3. The highest BCUT2D eigenvalue weighted by molar-refractivity contribution is 5.75. The number of hydrogen-bond donors (Lipinski definition) is 2. The molecule has 2 rings (SSSR count). The highest BCUT2D eigenvalue weighted by Gasteiger charge is 2.14. The monoisotopic (exact) mass is 276 g/mol. The molecular weight excluding hydrogens is 254 g/mol. The van der Waals surface area contributed by atoms with Crippen LogP contribution in [0.25, 0.3) is 11.0 Å². The van der Waals surface area contributed by atoms with Gasteiger partial charge in [-0.15, -0.1) is 0 Å². The first kappa shape index (κ1) is 14.2. The molecule has 20 heavy (non-hydrogen) atoms. The maximum atomic E-state index is 5.67. The SMILES string of the molecule is CCn1c[n+](CC)c2ccc(OCCN=C(N)N)cc21. The van der Waals surface area contributed by atoms with E-state index in [1.54, 1.807) is 0 Å². The van der Waals surface area contributed by atoms with Crippen LogP contribution in [0.2, 0.25) is 0 Å². The molecule has 0 saturated carbocycles. The molecule has 0 spiro atoms. The second-order valence-electron chi connectivity index (χ2n) is 4.49. The van der Waals surface area contributed by atoms with Gasteiger partial charge in [-0.2, -0.15) is 0 Å². The zero-order valence-electron chi connectivity index (χ0n) is 12.0. The molecule has 0 saturated heterocycles. The molecule has 6 nitrogen and oxygen atoms in total. The number of fused-ring (bicyclic) bond motifs is 1. The number of aliphatic imine (C=N–C) groups is 1. The fraction of sp³-hybridized carbons (Fsp3) is 0.429. The second-order valence-corrected chi connectivity index (χ2v) is 4.49. The minimum atomic E-state index is 0.0906. The minimum Gasteiger partial charge on any atom is -0.491 e. The molecule has 0 amide bonds. The number of nitrogens with two attached hydrogens (primary N) is 2. The van der Waals surface area contributed by atoms with E-state index < -0.39 is 0 Å². The number of aromatic nitrogens is 2. The van der Waals surface area contributed by atoms with E-state index in [9.17, 15) is 0 Å². The molecular formula is C14H22N5O+. The Morgan fingerprint density at radius 1 is 1.35 bits per heavy atom. The number of aryl methyl sites for hydroxylation is 2. The highest BCUT2D eigenvalue weighted by atomic mass is 16.5. The molecule has 0 aliphatic heterocycles. The minimum absolute atomic E-state index is 0.0906. The Kier molecular flexibility index (Phi) is 4.45. The summed E-state index contributed by atoms with van der Waals surface area (Å²) in [5.74, 6) is 0.923. The van der Waals surface area contributed by atoms with Gasteiger partial charge in [0.05, 0.1) is 19.6 Å². The van der Waals surface area contributed by atoms with Crippen molar-refractivity contribution < 1.29 is 9.30 Å². The van der Waals surface area contributed by atoms with E-state index in [0.717, 1.165) is 18.8 Å². The van der Waals surface area contributed by atoms with Gasteiger partial charge in [-0.25, -0.2) is 9.13 Å². The van der Waals surface area contributed by atoms with Crippen LogP contribution in [0.3, 0.4) is 0 Å². The van der Waals surface area contributed by atoms with Crippen molar-refractivity contribution in [2.24, 2.45) is 16.5 Å². The lowest BCUT2D eigenvalue weighted by molar-refractivity contribution is -0.668. The molecule has 0 bridgehead atoms. The van der Waals surface area contributed by atoms with Crippen LogP contribution in [-0.4, -0.2) is 23.7 Å². The third-order valence-corrected chi connectivity index (χ3v) is 3.18. The largest absolute Gasteiger partial charge is 0.491 e. The summed E-state index contributed by atoms with van der Waals surface area (Å²) < 4.78 is 10.1. The zero-order valence-corrected chi connectivity index (χ0v) is 12.0. The van der Waals surface area contributed by atoms with Crippen LogP contribution >= 0.6 is 0 Å². The van der Waals surface area contributed by atoms with Crippen molar-refractivity contribution >= 4 is 17.0 Å². The van der Waals surface area contributed by atoms with Crippen molar-refractivity contribution in [3.05, 3.63) is 24.5 Å². The summed E-state index contributed by atoms with van der Waals surface area (Å²) in [5.41, 5.74) is 12.9. The highest BCUT2D eigenvalue weighted by Crippen LogP contribution is 2.19. The zero-order chi connectivity index (χ0) is 14.5. The van der Waals surface area contributed by atoms with Gasteiger partial charge in [-0.3, -0.25) is 4.99 Å². The van der Waals surface area contributed by atoms with Crippen LogP contribution in [0.5, 0.6) is 5.75 Å². The van der Waals surface area contributed by atoms with E-state index >= 15 is 0 Å². The third-order valence-electron chi connectivity index (χ3n) is 3.18. The predicted octanol–water partition coefficient (Wildman–Crippen LogP) is 0.621. The molecule has 1 aromatic heterocycles. The van der Waals surface area contributed by atoms with E-state index in [1.807, 2.05) is 6.07 Å². The molecule has 6 heteroatoms. The second kappa shape index (κ2) is 6.27. The van der Waals surface area contributed by atoms with Crippen LogP contribution in [-0.2, 0) is 13.1 Å². The van der Waals surface area contributed by atoms with Gasteiger partial charge in [-0.05, 0) is 26.0 Å². The summed E-state index contributed by atoms with van der Waals surface area (Å²) in [5, 5.41) is 0. The first-order valence-corrected chi connectivity index (χ1v) is 6.86. The van der Waals surface area contributed by atoms with Crippen molar-refractivity contribution in [2.45, 2.75) is 26.9 Å². The lowest BCUT2D eigenvalue weighted by Crippen LogP contribution is -2.30. The van der Waals surface area contributed by atoms with Crippen molar-refractivity contribution in [1.29, 1.82) is 0 Å².